The molecule has 0 saturated carbocycles. The zero-order valence-electron chi connectivity index (χ0n) is 18.4. The SMILES string of the molecule is Cn1ccn(-c2ccc(-c3cc(F)cc(-c4ccnc(C5=CCCNC5)c4)c3O)cc2Cl)c1=O. The number of hydrogen-bond acceptors (Lipinski definition) is 4. The van der Waals surface area contributed by atoms with Crippen LogP contribution in [0, 0.1) is 5.82 Å². The molecule has 172 valence electrons. The lowest BCUT2D eigenvalue weighted by molar-refractivity contribution is 0.477. The molecule has 0 fully saturated rings. The zero-order valence-corrected chi connectivity index (χ0v) is 19.2. The van der Waals surface area contributed by atoms with Crippen molar-refractivity contribution in [2.45, 2.75) is 6.42 Å². The Morgan fingerprint density at radius 1 is 1.09 bits per heavy atom. The number of nitrogens with one attached hydrogen (secondary N) is 1. The molecule has 6 nitrogen and oxygen atoms in total. The number of nitrogens with zero attached hydrogens (tertiary/aromatic N) is 3. The van der Waals surface area contributed by atoms with E-state index >= 15 is 0 Å². The Morgan fingerprint density at radius 2 is 1.85 bits per heavy atom. The van der Waals surface area contributed by atoms with Crippen LogP contribution in [0.25, 0.3) is 33.5 Å². The summed E-state index contributed by atoms with van der Waals surface area (Å²) in [4.78, 5) is 16.7. The molecule has 0 unspecified atom stereocenters. The van der Waals surface area contributed by atoms with E-state index in [1.165, 1.54) is 21.3 Å². The molecule has 34 heavy (non-hydrogen) atoms. The topological polar surface area (TPSA) is 72.1 Å². The lowest BCUT2D eigenvalue weighted by Crippen LogP contribution is -2.21. The van der Waals surface area contributed by atoms with Gasteiger partial charge in [-0.25, -0.2) is 9.18 Å². The van der Waals surface area contributed by atoms with E-state index in [1.54, 1.807) is 49.9 Å². The van der Waals surface area contributed by atoms with Crippen molar-refractivity contribution >= 4 is 17.2 Å². The van der Waals surface area contributed by atoms with Gasteiger partial charge in [0, 0.05) is 43.3 Å². The second kappa shape index (κ2) is 8.93. The number of phenolic OH excluding ortho intramolecular Hbond substituents is 1. The third-order valence-electron chi connectivity index (χ3n) is 5.97. The normalized spacial score (nSPS) is 13.7. The highest BCUT2D eigenvalue weighted by Gasteiger charge is 2.17. The Kier molecular flexibility index (Phi) is 5.81. The number of imidazole rings is 1. The minimum atomic E-state index is -0.487. The molecule has 4 aromatic rings. The van der Waals surface area contributed by atoms with Crippen molar-refractivity contribution in [1.29, 1.82) is 0 Å². The van der Waals surface area contributed by atoms with Gasteiger partial charge in [-0.05, 0) is 66.1 Å². The van der Waals surface area contributed by atoms with Gasteiger partial charge in [-0.3, -0.25) is 9.55 Å². The van der Waals surface area contributed by atoms with Crippen LogP contribution < -0.4 is 11.0 Å². The van der Waals surface area contributed by atoms with E-state index in [4.69, 9.17) is 11.6 Å². The Hall–Kier alpha value is -3.68. The van der Waals surface area contributed by atoms with Crippen LogP contribution in [-0.2, 0) is 7.05 Å². The predicted molar refractivity (Wildman–Crippen MR) is 132 cm³/mol. The molecule has 5 rings (SSSR count). The largest absolute Gasteiger partial charge is 0.507 e. The van der Waals surface area contributed by atoms with E-state index in [1.807, 2.05) is 6.07 Å². The maximum absolute atomic E-state index is 14.7. The van der Waals surface area contributed by atoms with Crippen molar-refractivity contribution in [2.75, 3.05) is 13.1 Å². The number of phenols is 1. The lowest BCUT2D eigenvalue weighted by atomic mass is 9.96. The Labute approximate surface area is 200 Å². The summed E-state index contributed by atoms with van der Waals surface area (Å²) in [5.41, 5.74) is 3.99. The summed E-state index contributed by atoms with van der Waals surface area (Å²) < 4.78 is 17.6. The van der Waals surface area contributed by atoms with Crippen LogP contribution >= 0.6 is 11.6 Å². The predicted octanol–water partition coefficient (Wildman–Crippen LogP) is 4.78. The molecule has 3 heterocycles. The third kappa shape index (κ3) is 4.04. The molecule has 1 aliphatic rings. The fraction of sp³-hybridized carbons (Fsp3) is 0.154. The third-order valence-corrected chi connectivity index (χ3v) is 6.27. The summed E-state index contributed by atoms with van der Waals surface area (Å²) in [6, 6.07) is 11.2. The van der Waals surface area contributed by atoms with Crippen molar-refractivity contribution in [2.24, 2.45) is 7.05 Å². The summed E-state index contributed by atoms with van der Waals surface area (Å²) in [5.74, 6) is -0.547. The Bertz CT molecular complexity index is 1490. The number of aromatic hydroxyl groups is 1. The minimum Gasteiger partial charge on any atom is -0.507 e. The van der Waals surface area contributed by atoms with E-state index < -0.39 is 5.82 Å². The first-order valence-corrected chi connectivity index (χ1v) is 11.2. The maximum Gasteiger partial charge on any atom is 0.332 e. The minimum absolute atomic E-state index is 0.0602. The summed E-state index contributed by atoms with van der Waals surface area (Å²) in [6.07, 6.45) is 7.98. The van der Waals surface area contributed by atoms with Crippen LogP contribution in [0.2, 0.25) is 5.02 Å². The van der Waals surface area contributed by atoms with Crippen molar-refractivity contribution in [1.82, 2.24) is 19.4 Å². The molecule has 0 spiro atoms. The number of aromatic nitrogens is 3. The van der Waals surface area contributed by atoms with E-state index in [2.05, 4.69) is 16.4 Å². The molecule has 2 N–H and O–H groups in total. The molecule has 0 atom stereocenters. The van der Waals surface area contributed by atoms with Crippen molar-refractivity contribution in [3.05, 3.63) is 94.1 Å². The van der Waals surface area contributed by atoms with Gasteiger partial charge in [0.15, 0.2) is 0 Å². The average molecular weight is 477 g/mol. The second-order valence-corrected chi connectivity index (χ2v) is 8.61. The first kappa shape index (κ1) is 22.1. The zero-order chi connectivity index (χ0) is 23.8. The van der Waals surface area contributed by atoms with Crippen LogP contribution in [0.4, 0.5) is 4.39 Å². The number of pyridine rings is 1. The molecule has 2 aromatic heterocycles. The summed E-state index contributed by atoms with van der Waals surface area (Å²) in [6.45, 7) is 1.64. The van der Waals surface area contributed by atoms with Gasteiger partial charge in [-0.2, -0.15) is 0 Å². The van der Waals surface area contributed by atoms with E-state index in [0.29, 0.717) is 39.5 Å². The summed E-state index contributed by atoms with van der Waals surface area (Å²) in [5, 5.41) is 14.8. The second-order valence-electron chi connectivity index (χ2n) is 8.20. The number of benzene rings is 2. The van der Waals surface area contributed by atoms with Gasteiger partial charge in [0.2, 0.25) is 0 Å². The Balaban J connectivity index is 1.57. The van der Waals surface area contributed by atoms with Crippen LogP contribution in [-0.4, -0.2) is 32.3 Å². The average Bonchev–Trinajstić information content (AvgIpc) is 3.18. The number of rotatable bonds is 4. The molecular weight excluding hydrogens is 455 g/mol. The molecule has 0 saturated heterocycles. The molecule has 0 bridgehead atoms. The van der Waals surface area contributed by atoms with Crippen molar-refractivity contribution < 1.29 is 9.50 Å². The molecular formula is C26H22ClFN4O2. The highest BCUT2D eigenvalue weighted by Crippen LogP contribution is 2.40. The van der Waals surface area contributed by atoms with Crippen LogP contribution in [0.15, 0.2) is 71.9 Å². The Morgan fingerprint density at radius 3 is 2.50 bits per heavy atom. The summed E-state index contributed by atoms with van der Waals surface area (Å²) >= 11 is 6.49. The van der Waals surface area contributed by atoms with Gasteiger partial charge < -0.3 is 15.0 Å². The molecule has 8 heteroatoms. The number of halogens is 2. The fourth-order valence-corrected chi connectivity index (χ4v) is 4.44. The standard InChI is InChI=1S/C26H22ClFN4O2/c1-31-9-10-32(26(31)34)24-5-4-16(11-22(24)27)20-13-19(28)14-21(25(20)33)17-6-8-30-23(12-17)18-3-2-7-29-15-18/h3-6,8-14,29,33H,2,7,15H2,1H3. The molecule has 2 aromatic carbocycles. The van der Waals surface area contributed by atoms with Crippen LogP contribution in [0.3, 0.4) is 0 Å². The highest BCUT2D eigenvalue weighted by molar-refractivity contribution is 6.32. The van der Waals surface area contributed by atoms with Crippen molar-refractivity contribution in [3.63, 3.8) is 0 Å². The summed E-state index contributed by atoms with van der Waals surface area (Å²) in [7, 11) is 1.65. The quantitative estimate of drug-likeness (QED) is 0.444. The van der Waals surface area contributed by atoms with Gasteiger partial charge in [0.25, 0.3) is 0 Å². The van der Waals surface area contributed by atoms with Gasteiger partial charge >= 0.3 is 5.69 Å². The number of hydrogen-bond donors (Lipinski definition) is 2. The van der Waals surface area contributed by atoms with Crippen LogP contribution in [0.1, 0.15) is 12.1 Å². The van der Waals surface area contributed by atoms with E-state index in [9.17, 15) is 14.3 Å². The fourth-order valence-electron chi connectivity index (χ4n) is 4.17. The molecule has 1 aliphatic heterocycles. The monoisotopic (exact) mass is 476 g/mol. The number of aryl methyl sites for hydroxylation is 1. The van der Waals surface area contributed by atoms with Crippen LogP contribution in [0.5, 0.6) is 5.75 Å². The van der Waals surface area contributed by atoms with E-state index in [0.717, 1.165) is 24.2 Å². The lowest BCUT2D eigenvalue weighted by Gasteiger charge is -2.16. The molecule has 0 aliphatic carbocycles. The van der Waals surface area contributed by atoms with Gasteiger partial charge in [-0.15, -0.1) is 0 Å². The van der Waals surface area contributed by atoms with Gasteiger partial charge in [-0.1, -0.05) is 23.7 Å². The van der Waals surface area contributed by atoms with Gasteiger partial charge in [0.05, 0.1) is 16.4 Å². The first-order valence-electron chi connectivity index (χ1n) is 10.9. The van der Waals surface area contributed by atoms with Crippen molar-refractivity contribution in [3.8, 4) is 33.7 Å². The molecule has 0 radical (unpaired) electrons. The van der Waals surface area contributed by atoms with Gasteiger partial charge in [0.1, 0.15) is 11.6 Å². The highest BCUT2D eigenvalue weighted by atomic mass is 35.5. The smallest absolute Gasteiger partial charge is 0.332 e. The van der Waals surface area contributed by atoms with E-state index in [-0.39, 0.29) is 11.4 Å². The molecule has 0 amide bonds. The first-order chi connectivity index (χ1) is 16.4. The maximum atomic E-state index is 14.7.